The average molecular weight is 159 g/mol. The molecule has 0 heterocycles. The largest absolute Gasteiger partial charge is 0.330 e. The van der Waals surface area contributed by atoms with Crippen LogP contribution in [0.25, 0.3) is 0 Å². The molecule has 0 bridgehead atoms. The fourth-order valence-corrected chi connectivity index (χ4v) is 0.757. The van der Waals surface area contributed by atoms with Crippen LogP contribution in [0.1, 0.15) is 53.9 Å². The Morgan fingerprint density at radius 1 is 1.18 bits per heavy atom. The van der Waals surface area contributed by atoms with E-state index in [0.717, 1.165) is 6.54 Å². The predicted octanol–water partition coefficient (Wildman–Crippen LogP) is 3.19. The molecule has 0 unspecified atom stereocenters. The summed E-state index contributed by atoms with van der Waals surface area (Å²) < 4.78 is 0. The maximum absolute atomic E-state index is 5.39. The Hall–Kier alpha value is -0.0400. The first-order valence-electron chi connectivity index (χ1n) is 4.82. The summed E-state index contributed by atoms with van der Waals surface area (Å²) in [5, 5.41) is 0. The maximum atomic E-state index is 5.39. The van der Waals surface area contributed by atoms with Crippen LogP contribution in [0.15, 0.2) is 0 Å². The lowest BCUT2D eigenvalue weighted by molar-refractivity contribution is 0.315. The number of hydrogen-bond acceptors (Lipinski definition) is 1. The van der Waals surface area contributed by atoms with Gasteiger partial charge in [0, 0.05) is 0 Å². The van der Waals surface area contributed by atoms with E-state index in [0.29, 0.717) is 5.41 Å². The molecule has 0 rings (SSSR count). The summed E-state index contributed by atoms with van der Waals surface area (Å²) >= 11 is 0. The topological polar surface area (TPSA) is 26.0 Å². The summed E-state index contributed by atoms with van der Waals surface area (Å²) in [6.07, 6.45) is 3.69. The highest BCUT2D eigenvalue weighted by Gasteiger charge is 2.12. The van der Waals surface area contributed by atoms with Gasteiger partial charge < -0.3 is 5.73 Å². The zero-order valence-corrected chi connectivity index (χ0v) is 8.91. The van der Waals surface area contributed by atoms with Crippen LogP contribution in [0.4, 0.5) is 0 Å². The van der Waals surface area contributed by atoms with Crippen LogP contribution in [-0.4, -0.2) is 6.54 Å². The van der Waals surface area contributed by atoms with Gasteiger partial charge in [0.2, 0.25) is 0 Å². The molecule has 0 aliphatic heterocycles. The van der Waals surface area contributed by atoms with E-state index in [4.69, 9.17) is 5.73 Å². The van der Waals surface area contributed by atoms with E-state index in [9.17, 15) is 0 Å². The van der Waals surface area contributed by atoms with Gasteiger partial charge in [-0.1, -0.05) is 41.0 Å². The molecule has 0 aromatic rings. The minimum Gasteiger partial charge on any atom is -0.330 e. The maximum Gasteiger partial charge on any atom is -0.00771 e. The summed E-state index contributed by atoms with van der Waals surface area (Å²) in [5.74, 6) is 0. The van der Waals surface area contributed by atoms with Crippen molar-refractivity contribution in [1.82, 2.24) is 0 Å². The standard InChI is InChI=1S/C8H19N.C2H6/c1-4-8(2,3)6-5-7-9;1-2/h4-7,9H2,1-3H3;1-2H3. The van der Waals surface area contributed by atoms with E-state index in [-0.39, 0.29) is 0 Å². The highest BCUT2D eigenvalue weighted by Crippen LogP contribution is 2.25. The van der Waals surface area contributed by atoms with Crippen molar-refractivity contribution in [3.63, 3.8) is 0 Å². The monoisotopic (exact) mass is 159 g/mol. The number of rotatable bonds is 4. The molecule has 11 heavy (non-hydrogen) atoms. The highest BCUT2D eigenvalue weighted by atomic mass is 14.5. The first-order chi connectivity index (χ1) is 5.12. The van der Waals surface area contributed by atoms with E-state index in [1.54, 1.807) is 0 Å². The second-order valence-corrected chi connectivity index (χ2v) is 3.41. The summed E-state index contributed by atoms with van der Waals surface area (Å²) in [5.41, 5.74) is 5.90. The van der Waals surface area contributed by atoms with E-state index < -0.39 is 0 Å². The van der Waals surface area contributed by atoms with E-state index in [2.05, 4.69) is 20.8 Å². The van der Waals surface area contributed by atoms with Gasteiger partial charge >= 0.3 is 0 Å². The lowest BCUT2D eigenvalue weighted by Crippen LogP contribution is -2.12. The van der Waals surface area contributed by atoms with Crippen molar-refractivity contribution in [1.29, 1.82) is 0 Å². The Kier molecular flexibility index (Phi) is 9.92. The smallest absolute Gasteiger partial charge is 0.00771 e. The Morgan fingerprint density at radius 3 is 1.91 bits per heavy atom. The number of nitrogens with two attached hydrogens (primary N) is 1. The fourth-order valence-electron chi connectivity index (χ4n) is 0.757. The molecule has 0 saturated carbocycles. The second kappa shape index (κ2) is 8.06. The van der Waals surface area contributed by atoms with Crippen LogP contribution in [0.2, 0.25) is 0 Å². The van der Waals surface area contributed by atoms with Gasteiger partial charge in [-0.2, -0.15) is 0 Å². The average Bonchev–Trinajstić information content (AvgIpc) is 2.05. The van der Waals surface area contributed by atoms with Crippen LogP contribution in [-0.2, 0) is 0 Å². The lowest BCUT2D eigenvalue weighted by atomic mass is 9.85. The number of hydrogen-bond donors (Lipinski definition) is 1. The predicted molar refractivity (Wildman–Crippen MR) is 53.7 cm³/mol. The van der Waals surface area contributed by atoms with Crippen molar-refractivity contribution >= 4 is 0 Å². The highest BCUT2D eigenvalue weighted by molar-refractivity contribution is 4.65. The molecular formula is C10H25N. The molecule has 1 heteroatoms. The minimum atomic E-state index is 0.513. The van der Waals surface area contributed by atoms with Gasteiger partial charge in [-0.15, -0.1) is 0 Å². The van der Waals surface area contributed by atoms with Gasteiger partial charge in [-0.3, -0.25) is 0 Å². The third-order valence-electron chi connectivity index (χ3n) is 2.01. The molecule has 0 fully saturated rings. The van der Waals surface area contributed by atoms with Crippen molar-refractivity contribution in [2.24, 2.45) is 11.1 Å². The summed E-state index contributed by atoms with van der Waals surface area (Å²) in [7, 11) is 0. The summed E-state index contributed by atoms with van der Waals surface area (Å²) in [6, 6.07) is 0. The van der Waals surface area contributed by atoms with Gasteiger partial charge in [-0.05, 0) is 24.8 Å². The molecule has 0 amide bonds. The van der Waals surface area contributed by atoms with Crippen molar-refractivity contribution in [2.75, 3.05) is 6.54 Å². The van der Waals surface area contributed by atoms with Crippen LogP contribution >= 0.6 is 0 Å². The van der Waals surface area contributed by atoms with Crippen LogP contribution in [0.5, 0.6) is 0 Å². The van der Waals surface area contributed by atoms with Crippen LogP contribution in [0.3, 0.4) is 0 Å². The molecule has 0 atom stereocenters. The molecule has 2 N–H and O–H groups in total. The van der Waals surface area contributed by atoms with Gasteiger partial charge in [0.15, 0.2) is 0 Å². The quantitative estimate of drug-likeness (QED) is 0.670. The second-order valence-electron chi connectivity index (χ2n) is 3.41. The van der Waals surface area contributed by atoms with Gasteiger partial charge in [0.05, 0.1) is 0 Å². The Balaban J connectivity index is 0. The first kappa shape index (κ1) is 13.5. The van der Waals surface area contributed by atoms with Gasteiger partial charge in [0.25, 0.3) is 0 Å². The van der Waals surface area contributed by atoms with Crippen molar-refractivity contribution < 1.29 is 0 Å². The van der Waals surface area contributed by atoms with E-state index in [1.807, 2.05) is 13.8 Å². The normalized spacial score (nSPS) is 10.4. The molecule has 0 saturated heterocycles. The van der Waals surface area contributed by atoms with Crippen LogP contribution < -0.4 is 5.73 Å². The molecule has 0 aromatic carbocycles. The molecule has 70 valence electrons. The zero-order valence-electron chi connectivity index (χ0n) is 8.91. The Bertz CT molecular complexity index is 67.3. The molecular weight excluding hydrogens is 134 g/mol. The van der Waals surface area contributed by atoms with Crippen molar-refractivity contribution in [3.8, 4) is 0 Å². The third kappa shape index (κ3) is 9.96. The molecule has 0 aliphatic carbocycles. The minimum absolute atomic E-state index is 0.513. The molecule has 0 aliphatic rings. The Labute approximate surface area is 72.4 Å². The Morgan fingerprint density at radius 2 is 1.64 bits per heavy atom. The van der Waals surface area contributed by atoms with Gasteiger partial charge in [-0.25, -0.2) is 0 Å². The summed E-state index contributed by atoms with van der Waals surface area (Å²) in [6.45, 7) is 11.7. The summed E-state index contributed by atoms with van der Waals surface area (Å²) in [4.78, 5) is 0. The lowest BCUT2D eigenvalue weighted by Gasteiger charge is -2.21. The van der Waals surface area contributed by atoms with Crippen molar-refractivity contribution in [3.05, 3.63) is 0 Å². The molecule has 0 aromatic heterocycles. The third-order valence-corrected chi connectivity index (χ3v) is 2.01. The molecule has 0 spiro atoms. The van der Waals surface area contributed by atoms with E-state index >= 15 is 0 Å². The van der Waals surface area contributed by atoms with Crippen molar-refractivity contribution in [2.45, 2.75) is 53.9 Å². The zero-order chi connectivity index (χ0) is 9.33. The molecule has 1 nitrogen and oxygen atoms in total. The SMILES string of the molecule is CC.CCC(C)(C)CCCN. The molecule has 0 radical (unpaired) electrons. The first-order valence-corrected chi connectivity index (χ1v) is 4.82. The van der Waals surface area contributed by atoms with Crippen LogP contribution in [0, 0.1) is 5.41 Å². The fraction of sp³-hybridized carbons (Fsp3) is 1.00. The van der Waals surface area contributed by atoms with Gasteiger partial charge in [0.1, 0.15) is 0 Å². The van der Waals surface area contributed by atoms with E-state index in [1.165, 1.54) is 19.3 Å².